The van der Waals surface area contributed by atoms with Gasteiger partial charge < -0.3 is 139 Å². The van der Waals surface area contributed by atoms with Gasteiger partial charge in [-0.3, -0.25) is 0 Å². The van der Waals surface area contributed by atoms with E-state index in [0.29, 0.717) is 0 Å². The van der Waals surface area contributed by atoms with E-state index in [0.717, 1.165) is 13.7 Å². The van der Waals surface area contributed by atoms with Gasteiger partial charge in [-0.25, -0.2) is 0 Å². The third kappa shape index (κ3) is 14.1. The minimum absolute atomic E-state index is 0. The first-order valence-corrected chi connectivity index (χ1v) is 21.8. The van der Waals surface area contributed by atoms with Crippen LogP contribution in [-0.2, 0) is 66.4 Å². The Hall–Kier alpha value is -0.104. The van der Waals surface area contributed by atoms with Gasteiger partial charge in [0.2, 0.25) is 0 Å². The summed E-state index contributed by atoms with van der Waals surface area (Å²) in [5.41, 5.74) is 0. The Bertz CT molecular complexity index is 1570. The molecule has 402 valence electrons. The molecule has 16 N–H and O–H groups in total. The monoisotopic (exact) mass is 1050 g/mol. The first kappa shape index (κ1) is 62.4. The fourth-order valence-electron chi connectivity index (χ4n) is 8.74. The molecule has 0 radical (unpaired) electrons. The number of carbonyl (C=O) groups excluding carboxylic acids is 2. The molecular formula is C39H65KO30. The van der Waals surface area contributed by atoms with Gasteiger partial charge in [-0.05, 0) is 18.4 Å². The number of aliphatic hydroxyl groups is 16. The summed E-state index contributed by atoms with van der Waals surface area (Å²) in [5.74, 6) is -0.740. The Balaban J connectivity index is 0.00000260. The summed E-state index contributed by atoms with van der Waals surface area (Å²) >= 11 is 0. The molecule has 1 aliphatic carbocycles. The van der Waals surface area contributed by atoms with Gasteiger partial charge in [-0.2, -0.15) is 16.2 Å². The van der Waals surface area contributed by atoms with Gasteiger partial charge in [-0.15, -0.1) is 0 Å². The summed E-state index contributed by atoms with van der Waals surface area (Å²) in [6, 6.07) is 0. The molecule has 12 unspecified atom stereocenters. The van der Waals surface area contributed by atoms with E-state index in [-0.39, 0.29) is 64.0 Å². The molecule has 6 fully saturated rings. The first-order chi connectivity index (χ1) is 32.7. The molecule has 0 spiro atoms. The van der Waals surface area contributed by atoms with E-state index >= 15 is 0 Å². The van der Waals surface area contributed by atoms with Crippen LogP contribution in [0, 0.1) is 12.5 Å². The van der Waals surface area contributed by atoms with E-state index in [4.69, 9.17) is 66.4 Å². The van der Waals surface area contributed by atoms with Crippen LogP contribution in [0.15, 0.2) is 0 Å². The number of ether oxygens (including phenoxy) is 12. The summed E-state index contributed by atoms with van der Waals surface area (Å²) in [6.45, 7) is -0.224. The second kappa shape index (κ2) is 28.3. The number of hydrogen-bond donors (Lipinski definition) is 16. The van der Waals surface area contributed by atoms with E-state index in [9.17, 15) is 81.7 Å². The number of hydrogen-bond acceptors (Lipinski definition) is 30. The maximum absolute atomic E-state index is 11.4. The molecule has 30 nitrogen and oxygen atoms in total. The van der Waals surface area contributed by atoms with Crippen LogP contribution in [-0.4, -0.2) is 300 Å². The fourth-order valence-corrected chi connectivity index (χ4v) is 8.74. The Morgan fingerprint density at radius 3 is 1.47 bits per heavy atom. The molecule has 5 saturated heterocycles. The van der Waals surface area contributed by atoms with Gasteiger partial charge in [0.05, 0.1) is 44.7 Å². The van der Waals surface area contributed by atoms with Crippen LogP contribution in [0.2, 0.25) is 0 Å². The Morgan fingerprint density at radius 1 is 0.471 bits per heavy atom. The molecule has 0 aromatic rings. The molecule has 6 rings (SSSR count). The van der Waals surface area contributed by atoms with Crippen molar-refractivity contribution in [3.05, 3.63) is 6.61 Å². The summed E-state index contributed by atoms with van der Waals surface area (Å²) < 4.78 is 66.4. The topological polar surface area (TPSA) is 469 Å². The van der Waals surface area contributed by atoms with Crippen LogP contribution < -0.4 is 51.4 Å². The zero-order valence-corrected chi connectivity index (χ0v) is 41.4. The van der Waals surface area contributed by atoms with Crippen molar-refractivity contribution in [1.82, 2.24) is 0 Å². The molecule has 0 bridgehead atoms. The Morgan fingerprint density at radius 2 is 0.929 bits per heavy atom. The van der Waals surface area contributed by atoms with E-state index in [1.807, 2.05) is 0 Å². The molecule has 5 heterocycles. The van der Waals surface area contributed by atoms with Crippen molar-refractivity contribution in [2.45, 2.75) is 185 Å². The number of aliphatic hydroxyl groups excluding tert-OH is 16. The third-order valence-corrected chi connectivity index (χ3v) is 12.8. The van der Waals surface area contributed by atoms with Gasteiger partial charge in [-0.1, -0.05) is 6.92 Å². The molecule has 31 heteroatoms. The van der Waals surface area contributed by atoms with Crippen molar-refractivity contribution in [3.63, 3.8) is 0 Å². The fraction of sp³-hybridized carbons (Fsp3) is 0.949. The van der Waals surface area contributed by atoms with Crippen LogP contribution in [0.5, 0.6) is 0 Å². The summed E-state index contributed by atoms with van der Waals surface area (Å²) in [5, 5.41) is 170. The molecule has 70 heavy (non-hydrogen) atoms. The summed E-state index contributed by atoms with van der Waals surface area (Å²) in [6.07, 6.45) is -45.3. The average Bonchev–Trinajstić information content (AvgIpc) is 3.33. The van der Waals surface area contributed by atoms with Crippen LogP contribution in [0.25, 0.3) is 0 Å². The first-order valence-electron chi connectivity index (χ1n) is 21.8. The quantitative estimate of drug-likeness (QED) is 0.0504. The van der Waals surface area contributed by atoms with Gasteiger partial charge in [0, 0.05) is 14.2 Å². The predicted octanol–water partition coefficient (Wildman–Crippen LogP) is -13.9. The van der Waals surface area contributed by atoms with Crippen LogP contribution in [0.1, 0.15) is 13.3 Å². The van der Waals surface area contributed by atoms with Crippen molar-refractivity contribution >= 4 is 6.15 Å². The minimum atomic E-state index is -1.90. The smallest absolute Gasteiger partial charge is 0.525 e. The van der Waals surface area contributed by atoms with Crippen molar-refractivity contribution in [3.8, 4) is 0 Å². The number of rotatable bonds is 16. The summed E-state index contributed by atoms with van der Waals surface area (Å²) in [4.78, 5) is 16.2. The van der Waals surface area contributed by atoms with E-state index in [2.05, 4.69) is 0 Å². The van der Waals surface area contributed by atoms with E-state index in [1.54, 1.807) is 6.92 Å². The van der Waals surface area contributed by atoms with Gasteiger partial charge >= 0.3 is 57.5 Å². The van der Waals surface area contributed by atoms with E-state index < -0.39 is 204 Å². The summed E-state index contributed by atoms with van der Waals surface area (Å²) in [7, 11) is 2.43. The zero-order valence-electron chi connectivity index (χ0n) is 38.2. The van der Waals surface area contributed by atoms with Crippen LogP contribution >= 0.6 is 0 Å². The molecule has 0 amide bonds. The maximum Gasteiger partial charge on any atom is 1.00 e. The van der Waals surface area contributed by atoms with Gasteiger partial charge in [0.1, 0.15) is 116 Å². The van der Waals surface area contributed by atoms with E-state index in [1.165, 1.54) is 7.11 Å². The molecule has 29 atom stereocenters. The predicted molar refractivity (Wildman–Crippen MR) is 209 cm³/mol. The molecule has 0 aromatic carbocycles. The molecule has 6 aliphatic rings. The Labute approximate surface area is 441 Å². The molecule has 1 saturated carbocycles. The third-order valence-electron chi connectivity index (χ3n) is 12.8. The normalized spacial score (nSPS) is 50.0. The van der Waals surface area contributed by atoms with Crippen LogP contribution in [0.3, 0.4) is 0 Å². The average molecular weight is 1050 g/mol. The van der Waals surface area contributed by atoms with Crippen LogP contribution in [0.4, 0.5) is 0 Å². The Kier molecular flexibility index (Phi) is 25.3. The molecular weight excluding hydrogens is 987 g/mol. The second-order valence-corrected chi connectivity index (χ2v) is 17.3. The minimum Gasteiger partial charge on any atom is -0.525 e. The standard InChI is InChI=1S/C38H65O28.CO2.K/c1-10-4-11(17(41)24(48)31(10)65-38-29(53)25(49)32(13(6-40)62-38)66-37-26(50)19(43)14(55-2)7-57-37)60-33-21(45)16(63-34(56-3)30(33)54)9-59-36-28(52)23(47)20(44)15(64-36)8-58-35-27(51)22(46)18(42)12(5-39)61-35;2-1-3;/h7,10-54H,4-6,8-9H2,1-3H3;;/q-1;;+1/t10?,11-,12?,13?,14-,15?,16?,17?,18-,19?,20-,21-,22+,23+,24-,25-,26?,27?,28?,29?,30?,31+,32-,33+,34-,35-,36+,37+,38+;;/m1../s1. The van der Waals surface area contributed by atoms with Crippen molar-refractivity contribution in [1.29, 1.82) is 0 Å². The zero-order chi connectivity index (χ0) is 51.2. The number of methoxy groups -OCH3 is 2. The van der Waals surface area contributed by atoms with Gasteiger partial charge in [0.25, 0.3) is 0 Å². The van der Waals surface area contributed by atoms with Crippen molar-refractivity contribution in [2.75, 3.05) is 40.6 Å². The maximum atomic E-state index is 11.4. The van der Waals surface area contributed by atoms with Crippen molar-refractivity contribution in [2.24, 2.45) is 5.92 Å². The SMILES string of the molecule is CO[C@@H]1OC(CO[C@H]2OC(CO[C@@H]3OC(CO)[C@@H](O)[C@H](O)C3O)[C@@H](O)[C@H](O)C2O)[C@@H](O)[C@H](O[C@@H]2CC(C)[C@H](O[C@@H]3OC(CO)[C@@H](O[C@@H]4O[CH-][C@@H](OC)C(O)C4O)[C@H](O)C3O)[C@H](O)C2O)C1O.O=C=O.[K+]. The molecule has 0 aromatic heterocycles. The second-order valence-electron chi connectivity index (χ2n) is 17.3. The van der Waals surface area contributed by atoms with Gasteiger partial charge in [0.15, 0.2) is 31.5 Å². The largest absolute Gasteiger partial charge is 1.00 e. The van der Waals surface area contributed by atoms with Crippen molar-refractivity contribution < 1.29 is 200 Å². The molecule has 5 aliphatic heterocycles.